The minimum Gasteiger partial charge on any atom is -0.0797 e. The van der Waals surface area contributed by atoms with E-state index < -0.39 is 0 Å². The van der Waals surface area contributed by atoms with Crippen molar-refractivity contribution < 1.29 is 0 Å². The second kappa shape index (κ2) is 5.47. The molecule has 0 amide bonds. The molecule has 0 N–H and O–H groups in total. The summed E-state index contributed by atoms with van der Waals surface area (Å²) in [7, 11) is 0. The molecule has 0 heterocycles. The van der Waals surface area contributed by atoms with Gasteiger partial charge in [-0.3, -0.25) is 0 Å². The summed E-state index contributed by atoms with van der Waals surface area (Å²) in [5.41, 5.74) is 1.96. The summed E-state index contributed by atoms with van der Waals surface area (Å²) < 4.78 is 0. The molecule has 0 spiro atoms. The molecule has 0 aromatic carbocycles. The zero-order valence-electron chi connectivity index (χ0n) is 10.3. The topological polar surface area (TPSA) is 0 Å². The lowest BCUT2D eigenvalue weighted by atomic mass is 9.78. The first kappa shape index (κ1) is 12.7. The van der Waals surface area contributed by atoms with Gasteiger partial charge >= 0.3 is 0 Å². The van der Waals surface area contributed by atoms with E-state index in [0.717, 1.165) is 5.92 Å². The first-order valence-corrected chi connectivity index (χ1v) is 5.62. The standard InChI is InChI=1S/C13H26/c1-7-12(5)10-13(6,8-2)9-11(3)4/h10-11H,7-9H2,1-6H3. The molecule has 0 saturated carbocycles. The van der Waals surface area contributed by atoms with Gasteiger partial charge in [0.25, 0.3) is 0 Å². The zero-order chi connectivity index (χ0) is 10.5. The quantitative estimate of drug-likeness (QED) is 0.535. The van der Waals surface area contributed by atoms with Crippen LogP contribution < -0.4 is 0 Å². The summed E-state index contributed by atoms with van der Waals surface area (Å²) in [5, 5.41) is 0. The van der Waals surface area contributed by atoms with E-state index in [-0.39, 0.29) is 0 Å². The average Bonchev–Trinajstić information content (AvgIpc) is 2.02. The van der Waals surface area contributed by atoms with Gasteiger partial charge in [-0.05, 0) is 37.5 Å². The molecule has 1 unspecified atom stereocenters. The van der Waals surface area contributed by atoms with Gasteiger partial charge < -0.3 is 0 Å². The van der Waals surface area contributed by atoms with E-state index in [1.165, 1.54) is 24.8 Å². The van der Waals surface area contributed by atoms with Gasteiger partial charge in [-0.2, -0.15) is 0 Å². The maximum Gasteiger partial charge on any atom is -0.0144 e. The van der Waals surface area contributed by atoms with Crippen molar-refractivity contribution >= 4 is 0 Å². The maximum atomic E-state index is 2.48. The van der Waals surface area contributed by atoms with Crippen LogP contribution in [0.4, 0.5) is 0 Å². The smallest absolute Gasteiger partial charge is 0.0144 e. The Bertz CT molecular complexity index is 165. The Morgan fingerprint density at radius 1 is 1.31 bits per heavy atom. The van der Waals surface area contributed by atoms with Gasteiger partial charge in [-0.25, -0.2) is 0 Å². The van der Waals surface area contributed by atoms with E-state index in [0.29, 0.717) is 5.41 Å². The summed E-state index contributed by atoms with van der Waals surface area (Å²) >= 11 is 0. The molecule has 0 aliphatic heterocycles. The van der Waals surface area contributed by atoms with Crippen LogP contribution in [0.1, 0.15) is 60.8 Å². The molecule has 13 heavy (non-hydrogen) atoms. The summed E-state index contributed by atoms with van der Waals surface area (Å²) in [6.45, 7) is 13.8. The highest BCUT2D eigenvalue weighted by atomic mass is 14.2. The predicted molar refractivity (Wildman–Crippen MR) is 61.9 cm³/mol. The Kier molecular flexibility index (Phi) is 5.36. The van der Waals surface area contributed by atoms with Crippen LogP contribution in [0.2, 0.25) is 0 Å². The van der Waals surface area contributed by atoms with Crippen molar-refractivity contribution in [2.75, 3.05) is 0 Å². The first-order valence-electron chi connectivity index (χ1n) is 5.62. The van der Waals surface area contributed by atoms with Crippen molar-refractivity contribution in [2.24, 2.45) is 11.3 Å². The number of allylic oxidation sites excluding steroid dienone is 2. The van der Waals surface area contributed by atoms with Crippen LogP contribution >= 0.6 is 0 Å². The van der Waals surface area contributed by atoms with E-state index in [1.54, 1.807) is 0 Å². The number of hydrogen-bond acceptors (Lipinski definition) is 0. The van der Waals surface area contributed by atoms with E-state index in [4.69, 9.17) is 0 Å². The van der Waals surface area contributed by atoms with Crippen LogP contribution in [-0.4, -0.2) is 0 Å². The van der Waals surface area contributed by atoms with Crippen molar-refractivity contribution in [2.45, 2.75) is 60.8 Å². The monoisotopic (exact) mass is 182 g/mol. The molecule has 0 radical (unpaired) electrons. The fourth-order valence-corrected chi connectivity index (χ4v) is 1.93. The van der Waals surface area contributed by atoms with Crippen LogP contribution in [0.3, 0.4) is 0 Å². The number of rotatable bonds is 5. The Hall–Kier alpha value is -0.260. The molecule has 0 aromatic heterocycles. The lowest BCUT2D eigenvalue weighted by molar-refractivity contribution is 0.320. The molecule has 0 nitrogen and oxygen atoms in total. The highest BCUT2D eigenvalue weighted by molar-refractivity contribution is 5.05. The SMILES string of the molecule is CCC(C)=CC(C)(CC)CC(C)C. The molecule has 0 aliphatic rings. The second-order valence-electron chi connectivity index (χ2n) is 4.95. The van der Waals surface area contributed by atoms with Gasteiger partial charge in [0.1, 0.15) is 0 Å². The summed E-state index contributed by atoms with van der Waals surface area (Å²) in [6, 6.07) is 0. The molecular formula is C13H26. The van der Waals surface area contributed by atoms with Gasteiger partial charge in [0.15, 0.2) is 0 Å². The maximum absolute atomic E-state index is 2.48. The second-order valence-corrected chi connectivity index (χ2v) is 4.95. The Morgan fingerprint density at radius 3 is 2.15 bits per heavy atom. The van der Waals surface area contributed by atoms with Crippen LogP contribution in [0.25, 0.3) is 0 Å². The Balaban J connectivity index is 4.44. The molecule has 0 heteroatoms. The minimum atomic E-state index is 0.425. The highest BCUT2D eigenvalue weighted by Gasteiger charge is 2.20. The van der Waals surface area contributed by atoms with Crippen molar-refractivity contribution in [3.63, 3.8) is 0 Å². The molecule has 0 bridgehead atoms. The third-order valence-electron chi connectivity index (χ3n) is 2.83. The van der Waals surface area contributed by atoms with Gasteiger partial charge in [-0.1, -0.05) is 46.3 Å². The van der Waals surface area contributed by atoms with Gasteiger partial charge in [0.05, 0.1) is 0 Å². The number of hydrogen-bond donors (Lipinski definition) is 0. The predicted octanol–water partition coefficient (Wildman–Crippen LogP) is 4.81. The van der Waals surface area contributed by atoms with Crippen molar-refractivity contribution in [3.05, 3.63) is 11.6 Å². The third-order valence-corrected chi connectivity index (χ3v) is 2.83. The molecule has 0 aliphatic carbocycles. The fourth-order valence-electron chi connectivity index (χ4n) is 1.93. The Labute approximate surface area is 84.4 Å². The molecule has 0 saturated heterocycles. The van der Waals surface area contributed by atoms with Crippen molar-refractivity contribution in [1.82, 2.24) is 0 Å². The normalized spacial score (nSPS) is 17.6. The fraction of sp³-hybridized carbons (Fsp3) is 0.846. The van der Waals surface area contributed by atoms with Crippen LogP contribution in [0, 0.1) is 11.3 Å². The van der Waals surface area contributed by atoms with Gasteiger partial charge in [-0.15, -0.1) is 0 Å². The summed E-state index contributed by atoms with van der Waals surface area (Å²) in [5.74, 6) is 0.797. The van der Waals surface area contributed by atoms with Crippen LogP contribution in [-0.2, 0) is 0 Å². The van der Waals surface area contributed by atoms with Crippen LogP contribution in [0.15, 0.2) is 11.6 Å². The van der Waals surface area contributed by atoms with E-state index in [9.17, 15) is 0 Å². The van der Waals surface area contributed by atoms with E-state index in [2.05, 4.69) is 47.6 Å². The first-order chi connectivity index (χ1) is 5.93. The molecule has 78 valence electrons. The Morgan fingerprint density at radius 2 is 1.85 bits per heavy atom. The highest BCUT2D eigenvalue weighted by Crippen LogP contribution is 2.32. The summed E-state index contributed by atoms with van der Waals surface area (Å²) in [6.07, 6.45) is 6.23. The van der Waals surface area contributed by atoms with Crippen LogP contribution in [0.5, 0.6) is 0 Å². The summed E-state index contributed by atoms with van der Waals surface area (Å²) in [4.78, 5) is 0. The third kappa shape index (κ3) is 5.13. The molecular weight excluding hydrogens is 156 g/mol. The lowest BCUT2D eigenvalue weighted by Gasteiger charge is -2.27. The van der Waals surface area contributed by atoms with E-state index >= 15 is 0 Å². The van der Waals surface area contributed by atoms with Crippen molar-refractivity contribution in [3.8, 4) is 0 Å². The molecule has 0 fully saturated rings. The lowest BCUT2D eigenvalue weighted by Crippen LogP contribution is -2.15. The molecule has 1 atom stereocenters. The minimum absolute atomic E-state index is 0.425. The van der Waals surface area contributed by atoms with Gasteiger partial charge in [0, 0.05) is 0 Å². The molecule has 0 rings (SSSR count). The average molecular weight is 182 g/mol. The van der Waals surface area contributed by atoms with Gasteiger partial charge in [0.2, 0.25) is 0 Å². The van der Waals surface area contributed by atoms with E-state index in [1.807, 2.05) is 0 Å². The molecule has 0 aromatic rings. The zero-order valence-corrected chi connectivity index (χ0v) is 10.3. The van der Waals surface area contributed by atoms with Crippen molar-refractivity contribution in [1.29, 1.82) is 0 Å². The largest absolute Gasteiger partial charge is 0.0797 e.